The predicted octanol–water partition coefficient (Wildman–Crippen LogP) is 4.42. The summed E-state index contributed by atoms with van der Waals surface area (Å²) in [4.78, 5) is 0. The van der Waals surface area contributed by atoms with Gasteiger partial charge in [-0.05, 0) is 43.7 Å². The van der Waals surface area contributed by atoms with E-state index < -0.39 is 0 Å². The molecule has 1 atom stereocenters. The van der Waals surface area contributed by atoms with E-state index in [1.807, 2.05) is 7.05 Å². The van der Waals surface area contributed by atoms with Gasteiger partial charge in [-0.1, -0.05) is 29.8 Å². The first kappa shape index (κ1) is 12.7. The van der Waals surface area contributed by atoms with Crippen LogP contribution in [-0.2, 0) is 0 Å². The van der Waals surface area contributed by atoms with Gasteiger partial charge in [-0.25, -0.2) is 0 Å². The molecule has 1 heterocycles. The molecule has 17 heavy (non-hydrogen) atoms. The van der Waals surface area contributed by atoms with Crippen molar-refractivity contribution >= 4 is 26.9 Å². The number of halogens is 1. The van der Waals surface area contributed by atoms with Gasteiger partial charge in [0.05, 0.1) is 6.04 Å². The zero-order chi connectivity index (χ0) is 12.6. The maximum atomic E-state index is 5.98. The van der Waals surface area contributed by atoms with E-state index in [0.717, 1.165) is 21.2 Å². The van der Waals surface area contributed by atoms with Gasteiger partial charge in [0.15, 0.2) is 0 Å². The first-order valence-corrected chi connectivity index (χ1v) is 6.69. The fourth-order valence-electron chi connectivity index (χ4n) is 2.26. The van der Waals surface area contributed by atoms with Gasteiger partial charge in [0.1, 0.15) is 11.3 Å². The molecule has 0 bridgehead atoms. The van der Waals surface area contributed by atoms with Gasteiger partial charge in [0.25, 0.3) is 0 Å². The number of fused-ring (bicyclic) bond motifs is 1. The molecule has 1 N–H and O–H groups in total. The second kappa shape index (κ2) is 4.83. The highest BCUT2D eigenvalue weighted by molar-refractivity contribution is 9.10. The Balaban J connectivity index is 2.54. The van der Waals surface area contributed by atoms with Crippen molar-refractivity contribution in [3.63, 3.8) is 0 Å². The highest BCUT2D eigenvalue weighted by Gasteiger charge is 2.18. The van der Waals surface area contributed by atoms with Gasteiger partial charge >= 0.3 is 0 Å². The summed E-state index contributed by atoms with van der Waals surface area (Å²) in [6.45, 7) is 6.46. The van der Waals surface area contributed by atoms with Gasteiger partial charge in [-0.2, -0.15) is 0 Å². The first-order valence-electron chi connectivity index (χ1n) is 5.89. The van der Waals surface area contributed by atoms with Crippen LogP contribution in [0.1, 0.15) is 31.2 Å². The zero-order valence-corrected chi connectivity index (χ0v) is 12.3. The Morgan fingerprint density at radius 1 is 1.24 bits per heavy atom. The summed E-state index contributed by atoms with van der Waals surface area (Å²) in [7, 11) is 1.97. The van der Waals surface area contributed by atoms with Gasteiger partial charge in [0, 0.05) is 9.86 Å². The van der Waals surface area contributed by atoms with Crippen molar-refractivity contribution in [1.29, 1.82) is 0 Å². The van der Waals surface area contributed by atoms with E-state index in [9.17, 15) is 0 Å². The molecule has 0 saturated carbocycles. The van der Waals surface area contributed by atoms with Gasteiger partial charge in [-0.15, -0.1) is 0 Å². The van der Waals surface area contributed by atoms with Crippen LogP contribution in [0.2, 0.25) is 0 Å². The summed E-state index contributed by atoms with van der Waals surface area (Å²) < 4.78 is 7.08. The molecular weight excluding hydrogens is 278 g/mol. The summed E-state index contributed by atoms with van der Waals surface area (Å²) >= 11 is 3.52. The van der Waals surface area contributed by atoms with Crippen molar-refractivity contribution in [2.75, 3.05) is 7.05 Å². The third kappa shape index (κ3) is 2.40. The number of aryl methyl sites for hydroxylation is 1. The van der Waals surface area contributed by atoms with E-state index in [-0.39, 0.29) is 6.04 Å². The van der Waals surface area contributed by atoms with E-state index in [0.29, 0.717) is 5.92 Å². The third-order valence-corrected chi connectivity index (χ3v) is 3.53. The van der Waals surface area contributed by atoms with Crippen LogP contribution in [-0.4, -0.2) is 7.05 Å². The van der Waals surface area contributed by atoms with Crippen molar-refractivity contribution in [2.24, 2.45) is 5.92 Å². The van der Waals surface area contributed by atoms with Crippen molar-refractivity contribution < 1.29 is 4.42 Å². The van der Waals surface area contributed by atoms with Crippen LogP contribution < -0.4 is 5.32 Å². The number of benzene rings is 1. The van der Waals surface area contributed by atoms with E-state index in [4.69, 9.17) is 4.42 Å². The lowest BCUT2D eigenvalue weighted by Crippen LogP contribution is -2.20. The van der Waals surface area contributed by atoms with E-state index >= 15 is 0 Å². The summed E-state index contributed by atoms with van der Waals surface area (Å²) in [5.74, 6) is 1.52. The topological polar surface area (TPSA) is 25.2 Å². The minimum absolute atomic E-state index is 0.264. The number of nitrogens with one attached hydrogen (secondary N) is 1. The average molecular weight is 296 g/mol. The third-order valence-electron chi connectivity index (χ3n) is 3.07. The van der Waals surface area contributed by atoms with E-state index in [1.54, 1.807) is 0 Å². The van der Waals surface area contributed by atoms with Crippen molar-refractivity contribution in [1.82, 2.24) is 5.32 Å². The van der Waals surface area contributed by atoms with Gasteiger partial charge < -0.3 is 9.73 Å². The lowest BCUT2D eigenvalue weighted by Gasteiger charge is -2.17. The monoisotopic (exact) mass is 295 g/mol. The SMILES string of the molecule is CN[C@@H](c1cc2cc(Br)cc(C)c2o1)C(C)C. The molecule has 0 saturated heterocycles. The summed E-state index contributed by atoms with van der Waals surface area (Å²) in [5.41, 5.74) is 2.16. The van der Waals surface area contributed by atoms with Gasteiger partial charge in [0.2, 0.25) is 0 Å². The lowest BCUT2D eigenvalue weighted by atomic mass is 10.0. The Bertz CT molecular complexity index is 530. The Morgan fingerprint density at radius 2 is 1.94 bits per heavy atom. The molecule has 1 aromatic heterocycles. The minimum atomic E-state index is 0.264. The number of furan rings is 1. The first-order chi connectivity index (χ1) is 8.02. The molecule has 92 valence electrons. The molecule has 0 fully saturated rings. The Labute approximate surface area is 111 Å². The van der Waals surface area contributed by atoms with E-state index in [1.165, 1.54) is 5.56 Å². The Morgan fingerprint density at radius 3 is 2.53 bits per heavy atom. The van der Waals surface area contributed by atoms with Crippen molar-refractivity contribution in [3.05, 3.63) is 34.0 Å². The molecule has 0 aliphatic carbocycles. The van der Waals surface area contributed by atoms with E-state index in [2.05, 4.69) is 60.2 Å². The molecule has 0 radical (unpaired) electrons. The van der Waals surface area contributed by atoms with Crippen LogP contribution in [0.4, 0.5) is 0 Å². The Hall–Kier alpha value is -0.800. The molecule has 0 spiro atoms. The molecule has 1 aromatic carbocycles. The van der Waals surface area contributed by atoms with Crippen LogP contribution in [0.15, 0.2) is 27.1 Å². The molecule has 0 aliphatic heterocycles. The smallest absolute Gasteiger partial charge is 0.137 e. The second-order valence-electron chi connectivity index (χ2n) is 4.80. The number of rotatable bonds is 3. The summed E-state index contributed by atoms with van der Waals surface area (Å²) in [5, 5.41) is 4.47. The molecule has 2 nitrogen and oxygen atoms in total. The fraction of sp³-hybridized carbons (Fsp3) is 0.429. The molecule has 2 aromatic rings. The maximum absolute atomic E-state index is 5.98. The molecule has 2 rings (SSSR count). The normalized spacial score (nSPS) is 13.5. The fourth-order valence-corrected chi connectivity index (χ4v) is 2.85. The summed E-state index contributed by atoms with van der Waals surface area (Å²) in [6.07, 6.45) is 0. The Kier molecular flexibility index (Phi) is 3.59. The standard InChI is InChI=1S/C14H18BrNO/c1-8(2)13(16-4)12-7-10-6-11(15)5-9(3)14(10)17-12/h5-8,13,16H,1-4H3/t13-/m1/s1. The number of hydrogen-bond acceptors (Lipinski definition) is 2. The second-order valence-corrected chi connectivity index (χ2v) is 5.72. The average Bonchev–Trinajstić information content (AvgIpc) is 2.61. The zero-order valence-electron chi connectivity index (χ0n) is 10.7. The molecule has 3 heteroatoms. The summed E-state index contributed by atoms with van der Waals surface area (Å²) in [6, 6.07) is 6.58. The minimum Gasteiger partial charge on any atom is -0.459 e. The molecule has 0 unspecified atom stereocenters. The predicted molar refractivity (Wildman–Crippen MR) is 75.3 cm³/mol. The van der Waals surface area contributed by atoms with Gasteiger partial charge in [-0.3, -0.25) is 0 Å². The number of hydrogen-bond donors (Lipinski definition) is 1. The molecular formula is C14H18BrNO. The largest absolute Gasteiger partial charge is 0.459 e. The quantitative estimate of drug-likeness (QED) is 0.907. The van der Waals surface area contributed by atoms with Crippen molar-refractivity contribution in [3.8, 4) is 0 Å². The molecule has 0 amide bonds. The lowest BCUT2D eigenvalue weighted by molar-refractivity contribution is 0.370. The van der Waals surface area contributed by atoms with Crippen LogP contribution in [0.3, 0.4) is 0 Å². The van der Waals surface area contributed by atoms with Crippen LogP contribution in [0.5, 0.6) is 0 Å². The van der Waals surface area contributed by atoms with Crippen molar-refractivity contribution in [2.45, 2.75) is 26.8 Å². The van der Waals surface area contributed by atoms with Crippen LogP contribution in [0, 0.1) is 12.8 Å². The maximum Gasteiger partial charge on any atom is 0.137 e. The highest BCUT2D eigenvalue weighted by Crippen LogP contribution is 2.31. The van der Waals surface area contributed by atoms with Crippen LogP contribution >= 0.6 is 15.9 Å². The van der Waals surface area contributed by atoms with Crippen LogP contribution in [0.25, 0.3) is 11.0 Å². The highest BCUT2D eigenvalue weighted by atomic mass is 79.9. The molecule has 0 aliphatic rings.